The van der Waals surface area contributed by atoms with Crippen molar-refractivity contribution in [2.75, 3.05) is 27.9 Å². The highest BCUT2D eigenvalue weighted by molar-refractivity contribution is 5.79. The zero-order valence-corrected chi connectivity index (χ0v) is 13.5. The summed E-state index contributed by atoms with van der Waals surface area (Å²) < 4.78 is 10.3. The molecule has 2 N–H and O–H groups in total. The number of nitrogens with one attached hydrogen (secondary N) is 1. The van der Waals surface area contributed by atoms with Gasteiger partial charge in [0.25, 0.3) is 0 Å². The van der Waals surface area contributed by atoms with E-state index in [1.165, 1.54) is 7.11 Å². The van der Waals surface area contributed by atoms with E-state index in [9.17, 15) is 4.79 Å². The first kappa shape index (κ1) is 18.2. The highest BCUT2D eigenvalue weighted by Crippen LogP contribution is 2.19. The third-order valence-corrected chi connectivity index (χ3v) is 3.49. The van der Waals surface area contributed by atoms with Crippen LogP contribution in [0.4, 0.5) is 0 Å². The molecule has 0 amide bonds. The van der Waals surface area contributed by atoms with Gasteiger partial charge in [0.05, 0.1) is 14.2 Å². The number of aliphatic hydroxyl groups is 1. The number of hydrogen-bond donors (Lipinski definition) is 2. The van der Waals surface area contributed by atoms with Gasteiger partial charge in [0.1, 0.15) is 23.9 Å². The van der Waals surface area contributed by atoms with E-state index >= 15 is 0 Å². The Labute approximate surface area is 131 Å². The third-order valence-electron chi connectivity index (χ3n) is 3.49. The summed E-state index contributed by atoms with van der Waals surface area (Å²) in [4.78, 5) is 12.1. The second kappa shape index (κ2) is 9.97. The van der Waals surface area contributed by atoms with E-state index in [0.29, 0.717) is 25.0 Å². The molecule has 1 aromatic carbocycles. The van der Waals surface area contributed by atoms with E-state index < -0.39 is 0 Å². The predicted molar refractivity (Wildman–Crippen MR) is 86.0 cm³/mol. The maximum Gasteiger partial charge on any atom is 0.135 e. The molecule has 1 unspecified atom stereocenters. The molecule has 0 aliphatic carbocycles. The first-order valence-corrected chi connectivity index (χ1v) is 7.31. The molecule has 0 aliphatic heterocycles. The number of likely N-dealkylation sites (N-methyl/N-ethyl adjacent to an activating group) is 1. The van der Waals surface area contributed by atoms with E-state index in [1.807, 2.05) is 24.3 Å². The zero-order chi connectivity index (χ0) is 16.4. The minimum Gasteiger partial charge on any atom is -0.499 e. The molecule has 1 aromatic rings. The van der Waals surface area contributed by atoms with E-state index in [-0.39, 0.29) is 18.4 Å². The van der Waals surface area contributed by atoms with Crippen LogP contribution < -0.4 is 10.1 Å². The molecule has 0 saturated carbocycles. The lowest BCUT2D eigenvalue weighted by molar-refractivity contribution is -0.119. The zero-order valence-electron chi connectivity index (χ0n) is 13.5. The molecule has 5 nitrogen and oxygen atoms in total. The minimum absolute atomic E-state index is 0.146. The summed E-state index contributed by atoms with van der Waals surface area (Å²) >= 11 is 0. The maximum absolute atomic E-state index is 12.1. The summed E-state index contributed by atoms with van der Waals surface area (Å²) in [5.41, 5.74) is 1.03. The van der Waals surface area contributed by atoms with Crippen LogP contribution in [0.5, 0.6) is 5.75 Å². The van der Waals surface area contributed by atoms with Crippen molar-refractivity contribution in [3.63, 3.8) is 0 Å². The summed E-state index contributed by atoms with van der Waals surface area (Å²) in [6.07, 6.45) is 3.20. The smallest absolute Gasteiger partial charge is 0.135 e. The number of carbonyl (C=O) groups is 1. The average molecular weight is 307 g/mol. The van der Waals surface area contributed by atoms with Gasteiger partial charge in [-0.25, -0.2) is 0 Å². The number of hydrogen-bond acceptors (Lipinski definition) is 5. The number of ether oxygens (including phenoxy) is 2. The predicted octanol–water partition coefficient (Wildman–Crippen LogP) is 1.70. The molecule has 0 bridgehead atoms. The number of Topliss-reactive ketones (excluding diaryl/α,β-unsaturated/α-hetero) is 1. The monoisotopic (exact) mass is 307 g/mol. The van der Waals surface area contributed by atoms with Crippen molar-refractivity contribution in [2.45, 2.75) is 25.3 Å². The largest absolute Gasteiger partial charge is 0.499 e. The number of methoxy groups -OCH3 is 2. The Hall–Kier alpha value is -1.85. The summed E-state index contributed by atoms with van der Waals surface area (Å²) in [5, 5.41) is 12.1. The fraction of sp³-hybridized carbons (Fsp3) is 0.471. The molecular weight excluding hydrogens is 282 g/mol. The van der Waals surface area contributed by atoms with Crippen LogP contribution in [0.25, 0.3) is 0 Å². The maximum atomic E-state index is 12.1. The van der Waals surface area contributed by atoms with Gasteiger partial charge < -0.3 is 19.9 Å². The molecule has 0 aromatic heterocycles. The number of para-hydroxylation sites is 1. The molecule has 0 radical (unpaired) electrons. The van der Waals surface area contributed by atoms with Gasteiger partial charge in [-0.3, -0.25) is 4.79 Å². The van der Waals surface area contributed by atoms with Crippen molar-refractivity contribution >= 4 is 5.78 Å². The van der Waals surface area contributed by atoms with Gasteiger partial charge in [-0.2, -0.15) is 0 Å². The van der Waals surface area contributed by atoms with Gasteiger partial charge in [0.2, 0.25) is 0 Å². The lowest BCUT2D eigenvalue weighted by Crippen LogP contribution is -2.27. The average Bonchev–Trinajstić information content (AvgIpc) is 2.56. The third kappa shape index (κ3) is 5.87. The molecule has 0 fully saturated rings. The Balaban J connectivity index is 2.56. The van der Waals surface area contributed by atoms with Crippen molar-refractivity contribution in [1.29, 1.82) is 0 Å². The Morgan fingerprint density at radius 2 is 2.09 bits per heavy atom. The van der Waals surface area contributed by atoms with Gasteiger partial charge in [-0.1, -0.05) is 18.2 Å². The van der Waals surface area contributed by atoms with Crippen molar-refractivity contribution in [3.05, 3.63) is 41.7 Å². The van der Waals surface area contributed by atoms with Crippen molar-refractivity contribution < 1.29 is 19.4 Å². The van der Waals surface area contributed by atoms with Crippen molar-refractivity contribution in [3.8, 4) is 5.75 Å². The van der Waals surface area contributed by atoms with Crippen LogP contribution in [0.1, 0.15) is 18.4 Å². The van der Waals surface area contributed by atoms with Gasteiger partial charge in [-0.15, -0.1) is 0 Å². The van der Waals surface area contributed by atoms with Crippen LogP contribution in [0.2, 0.25) is 0 Å². The van der Waals surface area contributed by atoms with Crippen molar-refractivity contribution in [2.24, 2.45) is 0 Å². The van der Waals surface area contributed by atoms with Crippen LogP contribution in [0, 0.1) is 0 Å². The Morgan fingerprint density at radius 3 is 2.68 bits per heavy atom. The summed E-state index contributed by atoms with van der Waals surface area (Å²) in [6, 6.07) is 7.56. The molecule has 0 saturated heterocycles. The van der Waals surface area contributed by atoms with Crippen LogP contribution >= 0.6 is 0 Å². The highest BCUT2D eigenvalue weighted by atomic mass is 16.5. The van der Waals surface area contributed by atoms with E-state index in [0.717, 1.165) is 11.3 Å². The Morgan fingerprint density at radius 1 is 1.36 bits per heavy atom. The second-order valence-electron chi connectivity index (χ2n) is 4.95. The standard InChI is InChI=1S/C17H25NO4/c1-18-14(11-16(12-19)21-2)10-15(20)9-8-13-6-4-5-7-17(13)22-3/h4-7,11,14,18-19H,8-10,12H2,1-3H3/b16-11-. The van der Waals surface area contributed by atoms with Crippen LogP contribution in [-0.2, 0) is 16.0 Å². The number of carbonyl (C=O) groups excluding carboxylic acids is 1. The lowest BCUT2D eigenvalue weighted by Gasteiger charge is -2.13. The normalized spacial score (nSPS) is 12.8. The van der Waals surface area contributed by atoms with Gasteiger partial charge >= 0.3 is 0 Å². The summed E-state index contributed by atoms with van der Waals surface area (Å²) in [5.74, 6) is 1.41. The number of rotatable bonds is 10. The summed E-state index contributed by atoms with van der Waals surface area (Å²) in [7, 11) is 4.90. The van der Waals surface area contributed by atoms with E-state index in [4.69, 9.17) is 14.6 Å². The summed E-state index contributed by atoms with van der Waals surface area (Å²) in [6.45, 7) is -0.177. The molecule has 0 heterocycles. The Bertz CT molecular complexity index is 493. The molecule has 0 spiro atoms. The fourth-order valence-electron chi connectivity index (χ4n) is 2.18. The van der Waals surface area contributed by atoms with Crippen LogP contribution in [0.15, 0.2) is 36.1 Å². The molecule has 0 aliphatic rings. The van der Waals surface area contributed by atoms with Gasteiger partial charge in [0.15, 0.2) is 0 Å². The number of ketones is 1. The molecule has 122 valence electrons. The number of aryl methyl sites for hydroxylation is 1. The fourth-order valence-corrected chi connectivity index (χ4v) is 2.18. The number of benzene rings is 1. The topological polar surface area (TPSA) is 67.8 Å². The highest BCUT2D eigenvalue weighted by Gasteiger charge is 2.12. The van der Waals surface area contributed by atoms with Gasteiger partial charge in [-0.05, 0) is 31.2 Å². The number of aliphatic hydroxyl groups excluding tert-OH is 1. The van der Waals surface area contributed by atoms with Crippen molar-refractivity contribution in [1.82, 2.24) is 5.32 Å². The van der Waals surface area contributed by atoms with Crippen LogP contribution in [0.3, 0.4) is 0 Å². The van der Waals surface area contributed by atoms with E-state index in [2.05, 4.69) is 5.32 Å². The SMILES string of the molecule is CNC(/C=C(/CO)OC)CC(=O)CCc1ccccc1OC. The van der Waals surface area contributed by atoms with Crippen LogP contribution in [-0.4, -0.2) is 44.8 Å². The Kier molecular flexibility index (Phi) is 8.25. The molecule has 1 atom stereocenters. The first-order valence-electron chi connectivity index (χ1n) is 7.31. The molecule has 5 heteroatoms. The second-order valence-corrected chi connectivity index (χ2v) is 4.95. The lowest BCUT2D eigenvalue weighted by atomic mass is 10.0. The van der Waals surface area contributed by atoms with Gasteiger partial charge in [0, 0.05) is 18.9 Å². The molecular formula is C17H25NO4. The minimum atomic E-state index is -0.177. The molecule has 1 rings (SSSR count). The first-order chi connectivity index (χ1) is 10.6. The molecule has 22 heavy (non-hydrogen) atoms. The van der Waals surface area contributed by atoms with E-state index in [1.54, 1.807) is 20.2 Å². The quantitative estimate of drug-likeness (QED) is 0.644.